The summed E-state index contributed by atoms with van der Waals surface area (Å²) in [6.07, 6.45) is -3.32. The molecular weight excluding hydrogens is 489 g/mol. The van der Waals surface area contributed by atoms with Gasteiger partial charge in [0, 0.05) is 22.9 Å². The van der Waals surface area contributed by atoms with Crippen LogP contribution in [0, 0.1) is 17.1 Å². The number of carbonyl (C=O) groups is 1. The van der Waals surface area contributed by atoms with Gasteiger partial charge in [0.05, 0.1) is 17.4 Å². The van der Waals surface area contributed by atoms with Gasteiger partial charge in [-0.2, -0.15) is 5.26 Å². The Balaban J connectivity index is 2.50. The fraction of sp³-hybridized carbons (Fsp3) is 0.579. The second-order valence-corrected chi connectivity index (χ2v) is 11.9. The van der Waals surface area contributed by atoms with Crippen LogP contribution in [0.1, 0.15) is 46.1 Å². The number of amides is 1. The Hall–Kier alpha value is -1.80. The molecule has 0 saturated heterocycles. The number of rotatable bonds is 5. The summed E-state index contributed by atoms with van der Waals surface area (Å²) in [6.45, 7) is 5.99. The molecule has 1 aliphatic carbocycles. The smallest absolute Gasteiger partial charge is 0.408 e. The molecule has 6 nitrogen and oxygen atoms in total. The molecule has 2 rings (SSSR count). The van der Waals surface area contributed by atoms with Crippen LogP contribution < -0.4 is 5.32 Å². The average Bonchev–Trinajstić information content (AvgIpc) is 2.51. The number of hydrogen-bond donors (Lipinski definition) is 1. The first kappa shape index (κ1) is 24.5. The lowest BCUT2D eigenvalue weighted by Crippen LogP contribution is -2.60. The zero-order valence-corrected chi connectivity index (χ0v) is 19.3. The van der Waals surface area contributed by atoms with Crippen LogP contribution in [0.3, 0.4) is 0 Å². The van der Waals surface area contributed by atoms with Gasteiger partial charge in [-0.05, 0) is 45.9 Å². The lowest BCUT2D eigenvalue weighted by atomic mass is 9.81. The summed E-state index contributed by atoms with van der Waals surface area (Å²) < 4.78 is 70.8. The van der Waals surface area contributed by atoms with E-state index in [1.807, 2.05) is 0 Å². The number of alkyl carbamates (subject to hydrolysis) is 1. The van der Waals surface area contributed by atoms with Crippen LogP contribution in [0.25, 0.3) is 0 Å². The molecule has 1 N–H and O–H groups in total. The van der Waals surface area contributed by atoms with E-state index in [0.29, 0.717) is 4.47 Å². The second-order valence-electron chi connectivity index (χ2n) is 8.66. The molecule has 0 unspecified atom stereocenters. The molecule has 1 saturated carbocycles. The van der Waals surface area contributed by atoms with E-state index in [0.717, 1.165) is 6.07 Å². The summed E-state index contributed by atoms with van der Waals surface area (Å²) in [5.41, 5.74) is -3.03. The fourth-order valence-electron chi connectivity index (χ4n) is 3.30. The number of ether oxygens (including phenoxy) is 1. The van der Waals surface area contributed by atoms with Crippen LogP contribution >= 0.6 is 15.9 Å². The molecule has 1 amide bonds. The highest BCUT2D eigenvalue weighted by molar-refractivity contribution is 9.10. The van der Waals surface area contributed by atoms with Gasteiger partial charge in [-0.3, -0.25) is 0 Å². The van der Waals surface area contributed by atoms with Crippen LogP contribution in [0.2, 0.25) is 0 Å². The van der Waals surface area contributed by atoms with Crippen LogP contribution in [0.15, 0.2) is 22.7 Å². The van der Waals surface area contributed by atoms with Crippen molar-refractivity contribution < 1.29 is 31.1 Å². The minimum absolute atomic E-state index is 0.203. The molecule has 0 spiro atoms. The molecule has 1 aromatic carbocycles. The Labute approximate surface area is 181 Å². The summed E-state index contributed by atoms with van der Waals surface area (Å²) >= 11 is 3.16. The topological polar surface area (TPSA) is 96.3 Å². The highest BCUT2D eigenvalue weighted by Crippen LogP contribution is 2.51. The number of sulfone groups is 1. The van der Waals surface area contributed by atoms with Gasteiger partial charge < -0.3 is 10.1 Å². The van der Waals surface area contributed by atoms with Crippen molar-refractivity contribution in [1.29, 1.82) is 5.26 Å². The van der Waals surface area contributed by atoms with Crippen LogP contribution in [0.5, 0.6) is 0 Å². The molecule has 0 radical (unpaired) electrons. The van der Waals surface area contributed by atoms with Crippen molar-refractivity contribution in [1.82, 2.24) is 5.32 Å². The maximum Gasteiger partial charge on any atom is 0.408 e. The maximum atomic E-state index is 14.6. The quantitative estimate of drug-likeness (QED) is 0.631. The number of nitrogens with zero attached hydrogens (tertiary/aromatic N) is 1. The Morgan fingerprint density at radius 3 is 2.33 bits per heavy atom. The third-order valence-electron chi connectivity index (χ3n) is 4.67. The van der Waals surface area contributed by atoms with E-state index < -0.39 is 62.2 Å². The van der Waals surface area contributed by atoms with E-state index >= 15 is 0 Å². The first-order valence-electron chi connectivity index (χ1n) is 8.92. The van der Waals surface area contributed by atoms with Crippen molar-refractivity contribution >= 4 is 31.9 Å². The van der Waals surface area contributed by atoms with Crippen molar-refractivity contribution in [2.45, 2.75) is 62.3 Å². The van der Waals surface area contributed by atoms with Crippen molar-refractivity contribution in [3.63, 3.8) is 0 Å². The lowest BCUT2D eigenvalue weighted by Gasteiger charge is -2.43. The monoisotopic (exact) mass is 510 g/mol. The molecule has 1 atom stereocenters. The van der Waals surface area contributed by atoms with E-state index in [9.17, 15) is 31.6 Å². The summed E-state index contributed by atoms with van der Waals surface area (Å²) in [6, 6.07) is 5.21. The second kappa shape index (κ2) is 7.71. The van der Waals surface area contributed by atoms with E-state index in [1.165, 1.54) is 25.1 Å². The normalized spacial score (nSPS) is 19.7. The minimum Gasteiger partial charge on any atom is -0.444 e. The van der Waals surface area contributed by atoms with Crippen LogP contribution in [-0.4, -0.2) is 36.5 Å². The maximum absolute atomic E-state index is 14.6. The largest absolute Gasteiger partial charge is 0.444 e. The number of benzene rings is 1. The zero-order chi connectivity index (χ0) is 23.2. The summed E-state index contributed by atoms with van der Waals surface area (Å²) in [7, 11) is -4.52. The highest BCUT2D eigenvalue weighted by Gasteiger charge is 2.65. The first-order chi connectivity index (χ1) is 13.4. The molecule has 1 aromatic rings. The number of carbonyl (C=O) groups excluding carboxylic acids is 1. The summed E-state index contributed by atoms with van der Waals surface area (Å²) in [5.74, 6) is -5.08. The molecule has 0 bridgehead atoms. The fourth-order valence-corrected chi connectivity index (χ4v) is 5.93. The van der Waals surface area contributed by atoms with E-state index in [4.69, 9.17) is 4.74 Å². The SMILES string of the molecule is CC(C)(C)OC(=O)N[C@@](C)(CS(=O)(=O)C1(C#N)CC(F)(F)C1)c1cc(Br)ccc1F. The molecule has 1 fully saturated rings. The van der Waals surface area contributed by atoms with E-state index in [2.05, 4.69) is 21.2 Å². The Morgan fingerprint density at radius 1 is 1.30 bits per heavy atom. The van der Waals surface area contributed by atoms with Crippen molar-refractivity contribution in [2.24, 2.45) is 0 Å². The van der Waals surface area contributed by atoms with Gasteiger partial charge in [-0.1, -0.05) is 15.9 Å². The Bertz CT molecular complexity index is 994. The Morgan fingerprint density at radius 2 is 1.87 bits per heavy atom. The molecule has 0 aromatic heterocycles. The summed E-state index contributed by atoms with van der Waals surface area (Å²) in [5, 5.41) is 11.7. The number of halogens is 4. The van der Waals surface area contributed by atoms with Gasteiger partial charge in [0.1, 0.15) is 11.4 Å². The molecule has 0 heterocycles. The standard InChI is InChI=1S/C19H22BrF3N2O4S/c1-16(2,3)29-15(26)25-17(4,13-7-12(20)5-6-14(13)21)11-30(27,28)18(10-24)8-19(22,23)9-18/h5-7H,8-9,11H2,1-4H3,(H,25,26)/t17-/m0/s1. The third-order valence-corrected chi connectivity index (χ3v) is 7.69. The predicted octanol–water partition coefficient (Wildman–Crippen LogP) is 4.43. The number of nitrogens with one attached hydrogen (secondary N) is 1. The van der Waals surface area contributed by atoms with E-state index in [1.54, 1.807) is 20.8 Å². The first-order valence-corrected chi connectivity index (χ1v) is 11.4. The molecular formula is C19H22BrF3N2O4S. The van der Waals surface area contributed by atoms with Gasteiger partial charge in [0.25, 0.3) is 5.92 Å². The molecule has 166 valence electrons. The Kier molecular flexibility index (Phi) is 6.29. The van der Waals surface area contributed by atoms with Gasteiger partial charge in [0.15, 0.2) is 14.6 Å². The minimum atomic E-state index is -4.52. The van der Waals surface area contributed by atoms with Crippen LogP contribution in [-0.2, 0) is 20.1 Å². The average molecular weight is 511 g/mol. The molecule has 30 heavy (non-hydrogen) atoms. The van der Waals surface area contributed by atoms with E-state index in [-0.39, 0.29) is 5.56 Å². The third kappa shape index (κ3) is 5.09. The van der Waals surface area contributed by atoms with Gasteiger partial charge >= 0.3 is 6.09 Å². The van der Waals surface area contributed by atoms with Crippen LogP contribution in [0.4, 0.5) is 18.0 Å². The molecule has 11 heteroatoms. The molecule has 1 aliphatic rings. The van der Waals surface area contributed by atoms with Gasteiger partial charge in [-0.15, -0.1) is 0 Å². The molecule has 0 aliphatic heterocycles. The number of alkyl halides is 2. The van der Waals surface area contributed by atoms with Gasteiger partial charge in [0.2, 0.25) is 0 Å². The number of nitriles is 1. The highest BCUT2D eigenvalue weighted by atomic mass is 79.9. The van der Waals surface area contributed by atoms with Crippen molar-refractivity contribution in [2.75, 3.05) is 5.75 Å². The lowest BCUT2D eigenvalue weighted by molar-refractivity contribution is -0.0848. The summed E-state index contributed by atoms with van der Waals surface area (Å²) in [4.78, 5) is 12.4. The van der Waals surface area contributed by atoms with Gasteiger partial charge in [-0.25, -0.2) is 26.4 Å². The predicted molar refractivity (Wildman–Crippen MR) is 107 cm³/mol. The number of hydrogen-bond acceptors (Lipinski definition) is 5. The van der Waals surface area contributed by atoms with Crippen molar-refractivity contribution in [3.05, 3.63) is 34.1 Å². The zero-order valence-electron chi connectivity index (χ0n) is 16.9. The van der Waals surface area contributed by atoms with Crippen molar-refractivity contribution in [3.8, 4) is 6.07 Å².